The highest BCUT2D eigenvalue weighted by Crippen LogP contribution is 2.29. The van der Waals surface area contributed by atoms with Crippen molar-refractivity contribution in [2.75, 3.05) is 29.2 Å². The lowest BCUT2D eigenvalue weighted by molar-refractivity contribution is 0.584. The largest absolute Gasteiger partial charge is 0.353 e. The van der Waals surface area contributed by atoms with Gasteiger partial charge in [-0.2, -0.15) is 11.8 Å². The summed E-state index contributed by atoms with van der Waals surface area (Å²) in [6.07, 6.45) is 1.28. The van der Waals surface area contributed by atoms with Crippen LogP contribution in [0.3, 0.4) is 0 Å². The molecule has 7 heteroatoms. The lowest BCUT2D eigenvalue weighted by Crippen LogP contribution is -2.47. The fourth-order valence-electron chi connectivity index (χ4n) is 2.11. The number of hydrogen-bond donors (Lipinski definition) is 1. The van der Waals surface area contributed by atoms with Gasteiger partial charge in [-0.3, -0.25) is 0 Å². The van der Waals surface area contributed by atoms with Crippen LogP contribution in [0.25, 0.3) is 0 Å². The molecule has 4 nitrogen and oxygen atoms in total. The zero-order valence-corrected chi connectivity index (χ0v) is 13.1. The van der Waals surface area contributed by atoms with Crippen LogP contribution in [-0.4, -0.2) is 38.1 Å². The monoisotopic (exact) mass is 320 g/mol. The van der Waals surface area contributed by atoms with E-state index in [0.717, 1.165) is 17.0 Å². The van der Waals surface area contributed by atoms with Crippen LogP contribution in [0, 0.1) is 0 Å². The minimum atomic E-state index is -3.11. The number of anilines is 1. The number of nitrogens with two attached hydrogens (primary N) is 1. The third-order valence-corrected chi connectivity index (χ3v) is 6.16. The molecule has 0 saturated carbocycles. The van der Waals surface area contributed by atoms with Gasteiger partial charge < -0.3 is 10.6 Å². The summed E-state index contributed by atoms with van der Waals surface area (Å²) >= 11 is 7.82. The van der Waals surface area contributed by atoms with Crippen LogP contribution >= 0.6 is 23.4 Å². The molecule has 0 spiro atoms. The molecule has 1 unspecified atom stereocenters. The predicted octanol–water partition coefficient (Wildman–Crippen LogP) is 1.72. The van der Waals surface area contributed by atoms with Gasteiger partial charge in [-0.05, 0) is 17.7 Å². The summed E-state index contributed by atoms with van der Waals surface area (Å²) in [7, 11) is -3.11. The Labute approximate surface area is 123 Å². The summed E-state index contributed by atoms with van der Waals surface area (Å²) < 4.78 is 23.7. The molecule has 2 N–H and O–H groups in total. The Morgan fingerprint density at radius 1 is 1.53 bits per heavy atom. The summed E-state index contributed by atoms with van der Waals surface area (Å²) in [6, 6.07) is 5.55. The van der Waals surface area contributed by atoms with E-state index in [4.69, 9.17) is 17.3 Å². The average molecular weight is 321 g/mol. The van der Waals surface area contributed by atoms with Gasteiger partial charge in [0.2, 0.25) is 0 Å². The van der Waals surface area contributed by atoms with Gasteiger partial charge in [-0.1, -0.05) is 17.7 Å². The molecule has 0 bridgehead atoms. The van der Waals surface area contributed by atoms with Crippen molar-refractivity contribution < 1.29 is 8.42 Å². The highest BCUT2D eigenvalue weighted by molar-refractivity contribution is 8.01. The maximum Gasteiger partial charge on any atom is 0.169 e. The van der Waals surface area contributed by atoms with Gasteiger partial charge in [0, 0.05) is 41.6 Å². The molecule has 1 aromatic rings. The quantitative estimate of drug-likeness (QED) is 0.919. The SMILES string of the molecule is CS(=O)(=O)C1CSCCN1c1ccc(CN)c(Cl)c1. The lowest BCUT2D eigenvalue weighted by Gasteiger charge is -2.36. The molecule has 2 rings (SSSR count). The summed E-state index contributed by atoms with van der Waals surface area (Å²) in [6.45, 7) is 1.09. The van der Waals surface area contributed by atoms with E-state index in [-0.39, 0.29) is 0 Å². The highest BCUT2D eigenvalue weighted by Gasteiger charge is 2.31. The van der Waals surface area contributed by atoms with Gasteiger partial charge in [-0.25, -0.2) is 8.42 Å². The number of thioether (sulfide) groups is 1. The second-order valence-electron chi connectivity index (χ2n) is 4.53. The second-order valence-corrected chi connectivity index (χ2v) is 8.29. The van der Waals surface area contributed by atoms with Crippen molar-refractivity contribution in [2.24, 2.45) is 5.73 Å². The van der Waals surface area contributed by atoms with Crippen molar-refractivity contribution >= 4 is 38.9 Å². The molecule has 19 heavy (non-hydrogen) atoms. The van der Waals surface area contributed by atoms with Gasteiger partial charge in [0.05, 0.1) is 0 Å². The zero-order chi connectivity index (χ0) is 14.0. The molecular formula is C12H17ClN2O2S2. The van der Waals surface area contributed by atoms with Gasteiger partial charge in [0.1, 0.15) is 5.37 Å². The fourth-order valence-corrected chi connectivity index (χ4v) is 5.20. The molecule has 1 fully saturated rings. The highest BCUT2D eigenvalue weighted by atomic mass is 35.5. The minimum absolute atomic E-state index is 0.379. The van der Waals surface area contributed by atoms with Gasteiger partial charge in [0.25, 0.3) is 0 Å². The Kier molecular flexibility index (Phi) is 4.66. The van der Waals surface area contributed by atoms with Gasteiger partial charge in [-0.15, -0.1) is 0 Å². The molecule has 1 heterocycles. The van der Waals surface area contributed by atoms with Crippen LogP contribution in [-0.2, 0) is 16.4 Å². The molecule has 1 atom stereocenters. The van der Waals surface area contributed by atoms with Crippen molar-refractivity contribution in [1.82, 2.24) is 0 Å². The van der Waals surface area contributed by atoms with Crippen molar-refractivity contribution in [1.29, 1.82) is 0 Å². The first-order chi connectivity index (χ1) is 8.93. The number of nitrogens with zero attached hydrogens (tertiary/aromatic N) is 1. The third-order valence-electron chi connectivity index (χ3n) is 3.17. The summed E-state index contributed by atoms with van der Waals surface area (Å²) in [5.74, 6) is 1.51. The number of benzene rings is 1. The van der Waals surface area contributed by atoms with Crippen LogP contribution in [0.2, 0.25) is 5.02 Å². The number of halogens is 1. The fraction of sp³-hybridized carbons (Fsp3) is 0.500. The summed E-state index contributed by atoms with van der Waals surface area (Å²) in [4.78, 5) is 1.91. The Hall–Kier alpha value is -0.430. The summed E-state index contributed by atoms with van der Waals surface area (Å²) in [5.41, 5.74) is 7.29. The van der Waals surface area contributed by atoms with E-state index in [1.807, 2.05) is 17.0 Å². The molecular weight excluding hydrogens is 304 g/mol. The van der Waals surface area contributed by atoms with Crippen molar-refractivity contribution in [3.8, 4) is 0 Å². The van der Waals surface area contributed by atoms with Crippen LogP contribution in [0.1, 0.15) is 5.56 Å². The Bertz CT molecular complexity index is 563. The van der Waals surface area contributed by atoms with Crippen molar-refractivity contribution in [3.05, 3.63) is 28.8 Å². The number of hydrogen-bond acceptors (Lipinski definition) is 5. The maximum atomic E-state index is 11.9. The first-order valence-corrected chi connectivity index (χ1v) is 9.44. The minimum Gasteiger partial charge on any atom is -0.353 e. The average Bonchev–Trinajstić information content (AvgIpc) is 2.37. The Balaban J connectivity index is 2.35. The van der Waals surface area contributed by atoms with E-state index >= 15 is 0 Å². The molecule has 0 radical (unpaired) electrons. The molecule has 1 saturated heterocycles. The second kappa shape index (κ2) is 5.91. The van der Waals surface area contributed by atoms with Crippen LogP contribution in [0.5, 0.6) is 0 Å². The molecule has 106 valence electrons. The first-order valence-electron chi connectivity index (χ1n) is 5.95. The number of sulfone groups is 1. The van der Waals surface area contributed by atoms with E-state index in [2.05, 4.69) is 0 Å². The molecule has 1 aliphatic heterocycles. The molecule has 0 aliphatic carbocycles. The van der Waals surface area contributed by atoms with E-state index in [0.29, 0.717) is 23.9 Å². The molecule has 1 aromatic carbocycles. The molecule has 1 aliphatic rings. The topological polar surface area (TPSA) is 63.4 Å². The van der Waals surface area contributed by atoms with Crippen LogP contribution < -0.4 is 10.6 Å². The Morgan fingerprint density at radius 3 is 2.84 bits per heavy atom. The van der Waals surface area contributed by atoms with Crippen molar-refractivity contribution in [2.45, 2.75) is 11.9 Å². The first kappa shape index (κ1) is 15.0. The molecule has 0 amide bonds. The van der Waals surface area contributed by atoms with Crippen LogP contribution in [0.15, 0.2) is 18.2 Å². The van der Waals surface area contributed by atoms with Gasteiger partial charge >= 0.3 is 0 Å². The zero-order valence-electron chi connectivity index (χ0n) is 10.7. The Morgan fingerprint density at radius 2 is 2.26 bits per heavy atom. The van der Waals surface area contributed by atoms with E-state index in [1.165, 1.54) is 6.26 Å². The normalized spacial score (nSPS) is 20.6. The lowest BCUT2D eigenvalue weighted by atomic mass is 10.2. The van der Waals surface area contributed by atoms with Crippen LogP contribution in [0.4, 0.5) is 5.69 Å². The summed E-state index contributed by atoms with van der Waals surface area (Å²) in [5, 5.41) is 0.108. The van der Waals surface area contributed by atoms with Gasteiger partial charge in [0.15, 0.2) is 9.84 Å². The predicted molar refractivity (Wildman–Crippen MR) is 82.6 cm³/mol. The molecule has 0 aromatic heterocycles. The van der Waals surface area contributed by atoms with E-state index in [1.54, 1.807) is 17.8 Å². The van der Waals surface area contributed by atoms with Crippen molar-refractivity contribution in [3.63, 3.8) is 0 Å². The standard InChI is InChI=1S/C12H17ClN2O2S2/c1-19(16,17)12-8-18-5-4-15(12)10-3-2-9(7-14)11(13)6-10/h2-3,6,12H,4-5,7-8,14H2,1H3. The van der Waals surface area contributed by atoms with E-state index < -0.39 is 15.2 Å². The number of rotatable bonds is 3. The third kappa shape index (κ3) is 3.37. The maximum absolute atomic E-state index is 11.9. The smallest absolute Gasteiger partial charge is 0.169 e. The van der Waals surface area contributed by atoms with E-state index in [9.17, 15) is 8.42 Å².